The standard InChI is InChI=1S/C29H30FN3O3/c1-34-25-11-3-21(4-12-25)16-32(17-22-5-13-26(35-2)14-6-22)18-27-19-33-28(15-31-29(33)20-36-27)23-7-9-24(30)10-8-23/h3-15,27H,16-20H2,1-2H3/t27-/m0/s1. The number of benzene rings is 3. The zero-order valence-electron chi connectivity index (χ0n) is 20.6. The summed E-state index contributed by atoms with van der Waals surface area (Å²) in [6.45, 7) is 3.43. The Morgan fingerprint density at radius 2 is 1.47 bits per heavy atom. The maximum absolute atomic E-state index is 13.5. The quantitative estimate of drug-likeness (QED) is 0.320. The average molecular weight is 488 g/mol. The summed E-state index contributed by atoms with van der Waals surface area (Å²) in [4.78, 5) is 6.94. The molecule has 36 heavy (non-hydrogen) atoms. The monoisotopic (exact) mass is 487 g/mol. The second kappa shape index (κ2) is 10.9. The molecule has 2 heterocycles. The van der Waals surface area contributed by atoms with Crippen LogP contribution in [0.5, 0.6) is 11.5 Å². The fourth-order valence-electron chi connectivity index (χ4n) is 4.59. The van der Waals surface area contributed by atoms with Crippen LogP contribution in [-0.4, -0.2) is 41.3 Å². The van der Waals surface area contributed by atoms with E-state index in [2.05, 4.69) is 38.7 Å². The van der Waals surface area contributed by atoms with Crippen molar-refractivity contribution in [1.29, 1.82) is 0 Å². The van der Waals surface area contributed by atoms with Gasteiger partial charge in [-0.3, -0.25) is 4.90 Å². The molecule has 5 rings (SSSR count). The smallest absolute Gasteiger partial charge is 0.135 e. The zero-order chi connectivity index (χ0) is 24.9. The molecule has 186 valence electrons. The summed E-state index contributed by atoms with van der Waals surface area (Å²) >= 11 is 0. The van der Waals surface area contributed by atoms with Crippen molar-refractivity contribution in [2.45, 2.75) is 32.3 Å². The van der Waals surface area contributed by atoms with Crippen molar-refractivity contribution in [2.75, 3.05) is 20.8 Å². The molecule has 1 atom stereocenters. The first kappa shape index (κ1) is 24.0. The highest BCUT2D eigenvalue weighted by molar-refractivity contribution is 5.59. The highest BCUT2D eigenvalue weighted by Gasteiger charge is 2.25. The van der Waals surface area contributed by atoms with Crippen LogP contribution in [0.2, 0.25) is 0 Å². The molecule has 7 heteroatoms. The van der Waals surface area contributed by atoms with Gasteiger partial charge in [0.2, 0.25) is 0 Å². The van der Waals surface area contributed by atoms with Crippen molar-refractivity contribution in [2.24, 2.45) is 0 Å². The molecule has 1 aliphatic rings. The van der Waals surface area contributed by atoms with Crippen LogP contribution in [0, 0.1) is 5.82 Å². The lowest BCUT2D eigenvalue weighted by atomic mass is 10.1. The van der Waals surface area contributed by atoms with Crippen LogP contribution in [0.1, 0.15) is 17.0 Å². The third-order valence-electron chi connectivity index (χ3n) is 6.50. The predicted octanol–water partition coefficient (Wildman–Crippen LogP) is 5.31. The van der Waals surface area contributed by atoms with Gasteiger partial charge in [-0.05, 0) is 65.2 Å². The molecular formula is C29H30FN3O3. The molecule has 1 aromatic heterocycles. The minimum absolute atomic E-state index is 0.0117. The molecule has 0 saturated heterocycles. The fourth-order valence-corrected chi connectivity index (χ4v) is 4.59. The Balaban J connectivity index is 1.34. The van der Waals surface area contributed by atoms with E-state index in [1.807, 2.05) is 30.5 Å². The third kappa shape index (κ3) is 5.58. The Hall–Kier alpha value is -3.68. The zero-order valence-corrected chi connectivity index (χ0v) is 20.6. The van der Waals surface area contributed by atoms with E-state index in [4.69, 9.17) is 14.2 Å². The SMILES string of the molecule is COc1ccc(CN(Cc2ccc(OC)cc2)C[C@H]2Cn3c(-c4ccc(F)cc4)cnc3CO2)cc1. The number of ether oxygens (including phenoxy) is 3. The van der Waals surface area contributed by atoms with Gasteiger partial charge < -0.3 is 18.8 Å². The molecular weight excluding hydrogens is 457 g/mol. The molecule has 0 aliphatic carbocycles. The number of aromatic nitrogens is 2. The molecule has 6 nitrogen and oxygen atoms in total. The van der Waals surface area contributed by atoms with Crippen LogP contribution in [-0.2, 0) is 31.0 Å². The summed E-state index contributed by atoms with van der Waals surface area (Å²) in [6, 6.07) is 22.9. The molecule has 0 unspecified atom stereocenters. The minimum atomic E-state index is -0.244. The van der Waals surface area contributed by atoms with Crippen LogP contribution in [0.25, 0.3) is 11.3 Å². The minimum Gasteiger partial charge on any atom is -0.497 e. The fraction of sp³-hybridized carbons (Fsp3) is 0.276. The van der Waals surface area contributed by atoms with E-state index < -0.39 is 0 Å². The summed E-state index contributed by atoms with van der Waals surface area (Å²) in [5, 5.41) is 0. The Morgan fingerprint density at radius 3 is 2.03 bits per heavy atom. The van der Waals surface area contributed by atoms with Gasteiger partial charge in [0.25, 0.3) is 0 Å². The van der Waals surface area contributed by atoms with Crippen molar-refractivity contribution >= 4 is 0 Å². The lowest BCUT2D eigenvalue weighted by Gasteiger charge is -2.31. The van der Waals surface area contributed by atoms with E-state index >= 15 is 0 Å². The van der Waals surface area contributed by atoms with E-state index in [-0.39, 0.29) is 11.9 Å². The van der Waals surface area contributed by atoms with Gasteiger partial charge in [-0.2, -0.15) is 0 Å². The summed E-state index contributed by atoms with van der Waals surface area (Å²) < 4.78 is 32.5. The van der Waals surface area contributed by atoms with Gasteiger partial charge in [-0.15, -0.1) is 0 Å². The molecule has 0 N–H and O–H groups in total. The van der Waals surface area contributed by atoms with Crippen LogP contribution in [0.3, 0.4) is 0 Å². The van der Waals surface area contributed by atoms with Crippen LogP contribution in [0.4, 0.5) is 4.39 Å². The van der Waals surface area contributed by atoms with Gasteiger partial charge in [0.15, 0.2) is 0 Å². The van der Waals surface area contributed by atoms with E-state index in [0.29, 0.717) is 13.2 Å². The molecule has 4 aromatic rings. The number of methoxy groups -OCH3 is 2. The normalized spacial score (nSPS) is 15.1. The second-order valence-corrected chi connectivity index (χ2v) is 8.98. The first-order chi connectivity index (χ1) is 17.6. The molecule has 0 fully saturated rings. The largest absolute Gasteiger partial charge is 0.497 e. The second-order valence-electron chi connectivity index (χ2n) is 8.98. The maximum Gasteiger partial charge on any atom is 0.135 e. The molecule has 0 bridgehead atoms. The van der Waals surface area contributed by atoms with Gasteiger partial charge in [0.1, 0.15) is 29.7 Å². The Morgan fingerprint density at radius 1 is 0.889 bits per heavy atom. The van der Waals surface area contributed by atoms with Crippen molar-refractivity contribution in [3.05, 3.63) is 102 Å². The van der Waals surface area contributed by atoms with Gasteiger partial charge in [-0.25, -0.2) is 9.37 Å². The third-order valence-corrected chi connectivity index (χ3v) is 6.50. The summed E-state index contributed by atoms with van der Waals surface area (Å²) in [6.07, 6.45) is 1.84. The number of rotatable bonds is 9. The van der Waals surface area contributed by atoms with E-state index in [1.54, 1.807) is 26.4 Å². The van der Waals surface area contributed by atoms with Crippen molar-refractivity contribution in [3.63, 3.8) is 0 Å². The van der Waals surface area contributed by atoms with Crippen molar-refractivity contribution in [3.8, 4) is 22.8 Å². The van der Waals surface area contributed by atoms with Gasteiger partial charge in [0, 0.05) is 19.6 Å². The molecule has 1 aliphatic heterocycles. The molecule has 0 radical (unpaired) electrons. The number of hydrogen-bond acceptors (Lipinski definition) is 5. The van der Waals surface area contributed by atoms with Gasteiger partial charge in [-0.1, -0.05) is 24.3 Å². The lowest BCUT2D eigenvalue weighted by Crippen LogP contribution is -2.38. The summed E-state index contributed by atoms with van der Waals surface area (Å²) in [5.74, 6) is 2.34. The summed E-state index contributed by atoms with van der Waals surface area (Å²) in [7, 11) is 3.35. The number of halogens is 1. The summed E-state index contributed by atoms with van der Waals surface area (Å²) in [5.41, 5.74) is 4.34. The predicted molar refractivity (Wildman–Crippen MR) is 136 cm³/mol. The Labute approximate surface area is 210 Å². The number of fused-ring (bicyclic) bond motifs is 1. The van der Waals surface area contributed by atoms with Crippen molar-refractivity contribution < 1.29 is 18.6 Å². The van der Waals surface area contributed by atoms with Crippen LogP contribution in [0.15, 0.2) is 79.0 Å². The number of imidazole rings is 1. The van der Waals surface area contributed by atoms with E-state index in [9.17, 15) is 4.39 Å². The molecule has 0 saturated carbocycles. The first-order valence-corrected chi connectivity index (χ1v) is 12.0. The molecule has 3 aromatic carbocycles. The number of nitrogens with zero attached hydrogens (tertiary/aromatic N) is 3. The number of hydrogen-bond donors (Lipinski definition) is 0. The topological polar surface area (TPSA) is 48.8 Å². The highest BCUT2D eigenvalue weighted by Crippen LogP contribution is 2.26. The first-order valence-electron chi connectivity index (χ1n) is 12.0. The molecule has 0 spiro atoms. The molecule has 0 amide bonds. The maximum atomic E-state index is 13.5. The Kier molecular flexibility index (Phi) is 7.30. The van der Waals surface area contributed by atoms with Crippen LogP contribution < -0.4 is 9.47 Å². The van der Waals surface area contributed by atoms with E-state index in [1.165, 1.54) is 23.3 Å². The van der Waals surface area contributed by atoms with Gasteiger partial charge in [0.05, 0.1) is 38.8 Å². The lowest BCUT2D eigenvalue weighted by molar-refractivity contribution is -0.0206. The van der Waals surface area contributed by atoms with E-state index in [0.717, 1.165) is 48.2 Å². The van der Waals surface area contributed by atoms with Crippen LogP contribution >= 0.6 is 0 Å². The van der Waals surface area contributed by atoms with Crippen molar-refractivity contribution in [1.82, 2.24) is 14.5 Å². The average Bonchev–Trinajstić information content (AvgIpc) is 3.33. The van der Waals surface area contributed by atoms with Gasteiger partial charge >= 0.3 is 0 Å². The Bertz CT molecular complexity index is 1220. The highest BCUT2D eigenvalue weighted by atomic mass is 19.1.